The third-order valence-corrected chi connectivity index (χ3v) is 6.20. The maximum Gasteiger partial charge on any atom is 0.295 e. The third-order valence-electron chi connectivity index (χ3n) is 5.95. The number of carbonyl (C=O) groups excluding carboxylic acids is 2. The van der Waals surface area contributed by atoms with Crippen LogP contribution >= 0.6 is 11.6 Å². The number of benzene rings is 2. The predicted molar refractivity (Wildman–Crippen MR) is 126 cm³/mol. The van der Waals surface area contributed by atoms with Crippen LogP contribution in [0.25, 0.3) is 5.76 Å². The fourth-order valence-electron chi connectivity index (χ4n) is 4.07. The first kappa shape index (κ1) is 23.8. The van der Waals surface area contributed by atoms with Crippen molar-refractivity contribution in [3.05, 3.63) is 69.8 Å². The molecule has 170 valence electrons. The maximum absolute atomic E-state index is 13.1. The maximum atomic E-state index is 13.1. The molecule has 1 saturated heterocycles. The van der Waals surface area contributed by atoms with E-state index in [1.807, 2.05) is 6.92 Å². The fraction of sp³-hybridized carbons (Fsp3) is 0.360. The van der Waals surface area contributed by atoms with E-state index < -0.39 is 17.7 Å². The topological polar surface area (TPSA) is 70.1 Å². The fourth-order valence-corrected chi connectivity index (χ4v) is 4.20. The van der Waals surface area contributed by atoms with Crippen LogP contribution in [0.1, 0.15) is 36.6 Å². The first-order valence-electron chi connectivity index (χ1n) is 10.7. The van der Waals surface area contributed by atoms with E-state index in [0.29, 0.717) is 29.4 Å². The van der Waals surface area contributed by atoms with Crippen LogP contribution in [0.5, 0.6) is 5.75 Å². The molecule has 1 atom stereocenters. The summed E-state index contributed by atoms with van der Waals surface area (Å²) in [6, 6.07) is 11.5. The summed E-state index contributed by atoms with van der Waals surface area (Å²) in [6.45, 7) is 8.66. The monoisotopic (exact) mass is 456 g/mol. The van der Waals surface area contributed by atoms with Gasteiger partial charge in [-0.25, -0.2) is 0 Å². The third kappa shape index (κ3) is 4.66. The summed E-state index contributed by atoms with van der Waals surface area (Å²) in [4.78, 5) is 29.9. The smallest absolute Gasteiger partial charge is 0.295 e. The van der Waals surface area contributed by atoms with Crippen LogP contribution in [0.2, 0.25) is 5.02 Å². The van der Waals surface area contributed by atoms with Gasteiger partial charge in [-0.05, 0) is 61.5 Å². The average molecular weight is 457 g/mol. The molecule has 1 amide bonds. The Morgan fingerprint density at radius 2 is 1.78 bits per heavy atom. The Morgan fingerprint density at radius 3 is 2.34 bits per heavy atom. The number of carbonyl (C=O) groups is 2. The summed E-state index contributed by atoms with van der Waals surface area (Å²) in [6.07, 6.45) is 0. The molecule has 0 aromatic heterocycles. The molecule has 1 fully saturated rings. The number of methoxy groups -OCH3 is 1. The molecular formula is C25H29ClN2O4. The number of halogens is 1. The van der Waals surface area contributed by atoms with Gasteiger partial charge in [-0.2, -0.15) is 0 Å². The molecule has 1 heterocycles. The lowest BCUT2D eigenvalue weighted by Gasteiger charge is -2.28. The summed E-state index contributed by atoms with van der Waals surface area (Å²) in [5.41, 5.74) is 2.08. The van der Waals surface area contributed by atoms with E-state index in [0.717, 1.165) is 24.2 Å². The number of rotatable bonds is 8. The van der Waals surface area contributed by atoms with Crippen LogP contribution in [-0.4, -0.2) is 59.9 Å². The number of ketones is 1. The van der Waals surface area contributed by atoms with Gasteiger partial charge in [-0.1, -0.05) is 37.6 Å². The van der Waals surface area contributed by atoms with Crippen molar-refractivity contribution in [3.63, 3.8) is 0 Å². The number of ether oxygens (including phenoxy) is 1. The van der Waals surface area contributed by atoms with Crippen LogP contribution in [-0.2, 0) is 9.59 Å². The number of aliphatic hydroxyl groups is 1. The van der Waals surface area contributed by atoms with Crippen molar-refractivity contribution < 1.29 is 19.4 Å². The van der Waals surface area contributed by atoms with Crippen LogP contribution in [0.15, 0.2) is 48.0 Å². The second kappa shape index (κ2) is 10.2. The van der Waals surface area contributed by atoms with Gasteiger partial charge in [0.1, 0.15) is 11.5 Å². The normalized spacial score (nSPS) is 17.9. The molecule has 1 aliphatic heterocycles. The van der Waals surface area contributed by atoms with Gasteiger partial charge < -0.3 is 19.6 Å². The number of amides is 1. The molecule has 0 bridgehead atoms. The lowest BCUT2D eigenvalue weighted by atomic mass is 9.95. The van der Waals surface area contributed by atoms with Gasteiger partial charge in [0.15, 0.2) is 0 Å². The molecule has 1 aliphatic rings. The summed E-state index contributed by atoms with van der Waals surface area (Å²) in [5, 5.41) is 11.7. The van der Waals surface area contributed by atoms with Crippen molar-refractivity contribution in [2.24, 2.45) is 0 Å². The first-order valence-corrected chi connectivity index (χ1v) is 11.1. The van der Waals surface area contributed by atoms with Gasteiger partial charge in [0.25, 0.3) is 11.7 Å². The quantitative estimate of drug-likeness (QED) is 0.361. The highest BCUT2D eigenvalue weighted by molar-refractivity contribution is 6.46. The van der Waals surface area contributed by atoms with Gasteiger partial charge >= 0.3 is 0 Å². The molecule has 0 spiro atoms. The highest BCUT2D eigenvalue weighted by Crippen LogP contribution is 2.40. The summed E-state index contributed by atoms with van der Waals surface area (Å²) >= 11 is 6.07. The molecule has 0 unspecified atom stereocenters. The molecule has 32 heavy (non-hydrogen) atoms. The second-order valence-corrected chi connectivity index (χ2v) is 8.19. The lowest BCUT2D eigenvalue weighted by Crippen LogP contribution is -2.38. The van der Waals surface area contributed by atoms with E-state index >= 15 is 0 Å². The van der Waals surface area contributed by atoms with Crippen LogP contribution in [0, 0.1) is 6.92 Å². The molecule has 7 heteroatoms. The first-order chi connectivity index (χ1) is 15.3. The molecule has 0 saturated carbocycles. The van der Waals surface area contributed by atoms with Gasteiger partial charge in [0, 0.05) is 23.7 Å². The number of hydrogen-bond donors (Lipinski definition) is 1. The zero-order chi connectivity index (χ0) is 23.4. The van der Waals surface area contributed by atoms with Crippen molar-refractivity contribution in [3.8, 4) is 5.75 Å². The summed E-state index contributed by atoms with van der Waals surface area (Å²) in [5.74, 6) is -0.811. The van der Waals surface area contributed by atoms with E-state index in [2.05, 4.69) is 18.7 Å². The van der Waals surface area contributed by atoms with E-state index in [1.54, 1.807) is 54.5 Å². The average Bonchev–Trinajstić information content (AvgIpc) is 3.04. The Morgan fingerprint density at radius 1 is 1.12 bits per heavy atom. The van der Waals surface area contributed by atoms with Crippen LogP contribution in [0.4, 0.5) is 0 Å². The number of hydrogen-bond acceptors (Lipinski definition) is 5. The molecule has 3 rings (SSSR count). The Bertz CT molecular complexity index is 1030. The molecule has 2 aromatic rings. The number of Topliss-reactive ketones (excluding diaryl/α,β-unsaturated/α-hetero) is 1. The zero-order valence-corrected chi connectivity index (χ0v) is 19.6. The van der Waals surface area contributed by atoms with Crippen molar-refractivity contribution in [2.75, 3.05) is 33.3 Å². The highest BCUT2D eigenvalue weighted by atomic mass is 35.5. The molecular weight excluding hydrogens is 428 g/mol. The Balaban J connectivity index is 2.10. The Kier molecular flexibility index (Phi) is 7.59. The SMILES string of the molecule is CCN(CC)CCN1C(=O)C(=O)C(=C(O)c2ccc(OC)c(C)c2)[C@H]1c1ccc(Cl)cc1. The minimum atomic E-state index is -0.690. The van der Waals surface area contributed by atoms with Crippen LogP contribution < -0.4 is 4.74 Å². The predicted octanol–water partition coefficient (Wildman–Crippen LogP) is 4.42. The van der Waals surface area contributed by atoms with Gasteiger partial charge in [-0.3, -0.25) is 9.59 Å². The highest BCUT2D eigenvalue weighted by Gasteiger charge is 2.45. The minimum Gasteiger partial charge on any atom is -0.507 e. The van der Waals surface area contributed by atoms with Gasteiger partial charge in [0.2, 0.25) is 0 Å². The summed E-state index contributed by atoms with van der Waals surface area (Å²) < 4.78 is 5.29. The number of aryl methyl sites for hydroxylation is 1. The molecule has 0 aliphatic carbocycles. The minimum absolute atomic E-state index is 0.0847. The van der Waals surface area contributed by atoms with Crippen molar-refractivity contribution >= 4 is 29.1 Å². The van der Waals surface area contributed by atoms with Crippen molar-refractivity contribution in [1.29, 1.82) is 0 Å². The molecule has 6 nitrogen and oxygen atoms in total. The van der Waals surface area contributed by atoms with E-state index in [1.165, 1.54) is 0 Å². The number of likely N-dealkylation sites (N-methyl/N-ethyl adjacent to an activating group) is 1. The molecule has 2 aromatic carbocycles. The van der Waals surface area contributed by atoms with Gasteiger partial charge in [-0.15, -0.1) is 0 Å². The van der Waals surface area contributed by atoms with E-state index in [9.17, 15) is 14.7 Å². The van der Waals surface area contributed by atoms with Gasteiger partial charge in [0.05, 0.1) is 18.7 Å². The zero-order valence-electron chi connectivity index (χ0n) is 18.9. The summed E-state index contributed by atoms with van der Waals surface area (Å²) in [7, 11) is 1.57. The van der Waals surface area contributed by atoms with E-state index in [4.69, 9.17) is 16.3 Å². The standard InChI is InChI=1S/C25H29ClN2O4/c1-5-27(6-2)13-14-28-22(17-7-10-19(26)11-8-17)21(24(30)25(28)31)23(29)18-9-12-20(32-4)16(3)15-18/h7-12,15,22,29H,5-6,13-14H2,1-4H3/t22-/m1/s1. The molecule has 0 radical (unpaired) electrons. The number of nitrogens with zero attached hydrogens (tertiary/aromatic N) is 2. The van der Waals surface area contributed by atoms with Crippen LogP contribution in [0.3, 0.4) is 0 Å². The second-order valence-electron chi connectivity index (χ2n) is 7.76. The van der Waals surface area contributed by atoms with Crippen molar-refractivity contribution in [1.82, 2.24) is 9.80 Å². The number of aliphatic hydroxyl groups excluding tert-OH is 1. The largest absolute Gasteiger partial charge is 0.507 e. The van der Waals surface area contributed by atoms with Crippen molar-refractivity contribution in [2.45, 2.75) is 26.8 Å². The Hall–Kier alpha value is -2.83. The number of likely N-dealkylation sites (tertiary alicyclic amines) is 1. The lowest BCUT2D eigenvalue weighted by molar-refractivity contribution is -0.140. The van der Waals surface area contributed by atoms with E-state index in [-0.39, 0.29) is 11.3 Å². The Labute approximate surface area is 194 Å². The molecule has 1 N–H and O–H groups in total.